The first-order valence-electron chi connectivity index (χ1n) is 4.67. The molecule has 78 valence electrons. The number of carbonyl (C=O) groups is 1. The van der Waals surface area contributed by atoms with E-state index >= 15 is 0 Å². The number of hydrogen-bond donors (Lipinski definition) is 2. The van der Waals surface area contributed by atoms with E-state index in [9.17, 15) is 4.79 Å². The van der Waals surface area contributed by atoms with Crippen molar-refractivity contribution in [1.29, 1.82) is 0 Å². The van der Waals surface area contributed by atoms with Gasteiger partial charge in [-0.3, -0.25) is 9.89 Å². The largest absolute Gasteiger partial charge is 0.319 e. The van der Waals surface area contributed by atoms with Crippen molar-refractivity contribution >= 4 is 22.9 Å². The molecule has 0 aliphatic rings. The molecule has 5 heteroatoms. The van der Waals surface area contributed by atoms with Crippen LogP contribution in [0.5, 0.6) is 0 Å². The number of H-pyrrole nitrogens is 1. The van der Waals surface area contributed by atoms with Gasteiger partial charge in [-0.2, -0.15) is 5.10 Å². The molecule has 0 saturated carbocycles. The van der Waals surface area contributed by atoms with Gasteiger partial charge in [-0.25, -0.2) is 0 Å². The average Bonchev–Trinajstić information content (AvgIpc) is 2.86. The lowest BCUT2D eigenvalue weighted by atomic mass is 10.2. The van der Waals surface area contributed by atoms with E-state index in [1.165, 1.54) is 11.3 Å². The molecule has 0 aromatic carbocycles. The van der Waals surface area contributed by atoms with E-state index in [0.29, 0.717) is 5.69 Å². The van der Waals surface area contributed by atoms with Crippen molar-refractivity contribution < 1.29 is 4.79 Å². The van der Waals surface area contributed by atoms with Crippen LogP contribution in [0.15, 0.2) is 23.8 Å². The van der Waals surface area contributed by atoms with E-state index < -0.39 is 0 Å². The Morgan fingerprint density at radius 3 is 3.20 bits per heavy atom. The van der Waals surface area contributed by atoms with Gasteiger partial charge in [0, 0.05) is 6.20 Å². The molecule has 2 heterocycles. The van der Waals surface area contributed by atoms with Crippen LogP contribution in [0.4, 0.5) is 5.69 Å². The van der Waals surface area contributed by atoms with Crippen molar-refractivity contribution in [2.24, 2.45) is 0 Å². The number of aromatic amines is 1. The highest BCUT2D eigenvalue weighted by Gasteiger charge is 2.12. The topological polar surface area (TPSA) is 57.8 Å². The molecular weight excluding hydrogens is 210 g/mol. The van der Waals surface area contributed by atoms with E-state index in [2.05, 4.69) is 15.5 Å². The number of nitrogens with zero attached hydrogens (tertiary/aromatic N) is 1. The SMILES string of the molecule is CCc1ccsc1C(=O)Nc1cn[nH]c1. The Kier molecular flexibility index (Phi) is 2.82. The Hall–Kier alpha value is -1.62. The number of nitrogens with one attached hydrogen (secondary N) is 2. The molecule has 2 aromatic rings. The fourth-order valence-corrected chi connectivity index (χ4v) is 2.21. The van der Waals surface area contributed by atoms with Crippen LogP contribution in [0.2, 0.25) is 0 Å². The second-order valence-corrected chi connectivity index (χ2v) is 3.99. The standard InChI is InChI=1S/C10H11N3OS/c1-2-7-3-4-15-9(7)10(14)13-8-5-11-12-6-8/h3-6H,2H2,1H3,(H,11,12)(H,13,14). The summed E-state index contributed by atoms with van der Waals surface area (Å²) in [7, 11) is 0. The summed E-state index contributed by atoms with van der Waals surface area (Å²) in [6, 6.07) is 1.98. The lowest BCUT2D eigenvalue weighted by molar-refractivity contribution is 0.103. The summed E-state index contributed by atoms with van der Waals surface area (Å²) in [5.74, 6) is -0.0664. The van der Waals surface area contributed by atoms with Crippen LogP contribution in [0.1, 0.15) is 22.2 Å². The van der Waals surface area contributed by atoms with Gasteiger partial charge in [0.15, 0.2) is 0 Å². The van der Waals surface area contributed by atoms with Gasteiger partial charge >= 0.3 is 0 Å². The molecule has 0 radical (unpaired) electrons. The quantitative estimate of drug-likeness (QED) is 0.835. The van der Waals surface area contributed by atoms with Gasteiger partial charge in [-0.05, 0) is 23.4 Å². The number of aromatic nitrogens is 2. The molecule has 0 spiro atoms. The first-order valence-corrected chi connectivity index (χ1v) is 5.55. The van der Waals surface area contributed by atoms with Gasteiger partial charge < -0.3 is 5.32 Å². The highest BCUT2D eigenvalue weighted by Crippen LogP contribution is 2.18. The van der Waals surface area contributed by atoms with Crippen molar-refractivity contribution in [1.82, 2.24) is 10.2 Å². The minimum Gasteiger partial charge on any atom is -0.319 e. The van der Waals surface area contributed by atoms with Gasteiger partial charge in [-0.15, -0.1) is 11.3 Å². The lowest BCUT2D eigenvalue weighted by Crippen LogP contribution is -2.11. The Morgan fingerprint density at radius 2 is 2.53 bits per heavy atom. The number of carbonyl (C=O) groups excluding carboxylic acids is 1. The minimum atomic E-state index is -0.0664. The molecule has 2 aromatic heterocycles. The fourth-order valence-electron chi connectivity index (χ4n) is 1.32. The third-order valence-electron chi connectivity index (χ3n) is 2.09. The summed E-state index contributed by atoms with van der Waals surface area (Å²) in [5.41, 5.74) is 1.77. The van der Waals surface area contributed by atoms with E-state index in [1.807, 2.05) is 18.4 Å². The molecule has 2 rings (SSSR count). The van der Waals surface area contributed by atoms with Gasteiger partial charge in [0.05, 0.1) is 16.8 Å². The molecule has 15 heavy (non-hydrogen) atoms. The van der Waals surface area contributed by atoms with Crippen molar-refractivity contribution in [3.05, 3.63) is 34.3 Å². The number of rotatable bonds is 3. The Bertz CT molecular complexity index is 447. The van der Waals surface area contributed by atoms with Crippen LogP contribution in [0, 0.1) is 0 Å². The molecule has 0 fully saturated rings. The molecule has 0 aliphatic heterocycles. The Balaban J connectivity index is 2.15. The molecule has 0 bridgehead atoms. The highest BCUT2D eigenvalue weighted by molar-refractivity contribution is 7.12. The maximum atomic E-state index is 11.8. The summed E-state index contributed by atoms with van der Waals surface area (Å²) in [4.78, 5) is 12.6. The average molecular weight is 221 g/mol. The maximum Gasteiger partial charge on any atom is 0.266 e. The number of amides is 1. The highest BCUT2D eigenvalue weighted by atomic mass is 32.1. The summed E-state index contributed by atoms with van der Waals surface area (Å²) in [6.45, 7) is 2.04. The van der Waals surface area contributed by atoms with E-state index in [-0.39, 0.29) is 5.91 Å². The fraction of sp³-hybridized carbons (Fsp3) is 0.200. The van der Waals surface area contributed by atoms with Crippen molar-refractivity contribution in [2.75, 3.05) is 5.32 Å². The summed E-state index contributed by atoms with van der Waals surface area (Å²) in [6.07, 6.45) is 4.10. The van der Waals surface area contributed by atoms with Crippen LogP contribution < -0.4 is 5.32 Å². The lowest BCUT2D eigenvalue weighted by Gasteiger charge is -2.01. The zero-order valence-corrected chi connectivity index (χ0v) is 9.10. The van der Waals surface area contributed by atoms with Crippen LogP contribution in [-0.2, 0) is 6.42 Å². The molecule has 2 N–H and O–H groups in total. The molecule has 1 amide bonds. The maximum absolute atomic E-state index is 11.8. The van der Waals surface area contributed by atoms with Gasteiger partial charge in [0.2, 0.25) is 0 Å². The summed E-state index contributed by atoms with van der Waals surface area (Å²) >= 11 is 1.46. The van der Waals surface area contributed by atoms with Gasteiger partial charge in [0.25, 0.3) is 5.91 Å². The molecule has 4 nitrogen and oxygen atoms in total. The Labute approximate surface area is 91.3 Å². The molecular formula is C10H11N3OS. The number of anilines is 1. The van der Waals surface area contributed by atoms with Gasteiger partial charge in [-0.1, -0.05) is 6.92 Å². The molecule has 0 unspecified atom stereocenters. The third-order valence-corrected chi connectivity index (χ3v) is 3.05. The zero-order valence-electron chi connectivity index (χ0n) is 8.28. The minimum absolute atomic E-state index is 0.0664. The molecule has 0 aliphatic carbocycles. The van der Waals surface area contributed by atoms with Crippen molar-refractivity contribution in [3.63, 3.8) is 0 Å². The molecule has 0 saturated heterocycles. The number of hydrogen-bond acceptors (Lipinski definition) is 3. The first-order chi connectivity index (χ1) is 7.31. The third kappa shape index (κ3) is 2.07. The second kappa shape index (κ2) is 4.27. The van der Waals surface area contributed by atoms with Crippen molar-refractivity contribution in [2.45, 2.75) is 13.3 Å². The van der Waals surface area contributed by atoms with Crippen LogP contribution in [0.3, 0.4) is 0 Å². The summed E-state index contributed by atoms with van der Waals surface area (Å²) < 4.78 is 0. The van der Waals surface area contributed by atoms with Crippen molar-refractivity contribution in [3.8, 4) is 0 Å². The molecule has 0 atom stereocenters. The smallest absolute Gasteiger partial charge is 0.266 e. The summed E-state index contributed by atoms with van der Waals surface area (Å²) in [5, 5.41) is 11.1. The second-order valence-electron chi connectivity index (χ2n) is 3.07. The van der Waals surface area contributed by atoms with E-state index in [4.69, 9.17) is 0 Å². The van der Waals surface area contributed by atoms with Crippen LogP contribution >= 0.6 is 11.3 Å². The number of thiophene rings is 1. The normalized spacial score (nSPS) is 10.2. The van der Waals surface area contributed by atoms with Gasteiger partial charge in [0.1, 0.15) is 0 Å². The predicted octanol–water partition coefficient (Wildman–Crippen LogP) is 2.29. The first kappa shape index (κ1) is 9.92. The Morgan fingerprint density at radius 1 is 1.67 bits per heavy atom. The van der Waals surface area contributed by atoms with Crippen LogP contribution in [0.25, 0.3) is 0 Å². The predicted molar refractivity (Wildman–Crippen MR) is 60.2 cm³/mol. The van der Waals surface area contributed by atoms with E-state index in [1.54, 1.807) is 12.4 Å². The number of aryl methyl sites for hydroxylation is 1. The van der Waals surface area contributed by atoms with Crippen LogP contribution in [-0.4, -0.2) is 16.1 Å². The monoisotopic (exact) mass is 221 g/mol. The zero-order chi connectivity index (χ0) is 10.7. The van der Waals surface area contributed by atoms with E-state index in [0.717, 1.165) is 16.9 Å².